The summed E-state index contributed by atoms with van der Waals surface area (Å²) in [6.45, 7) is 4.65. The average molecular weight is 514 g/mol. The van der Waals surface area contributed by atoms with Gasteiger partial charge >= 0.3 is 0 Å². The molecule has 6 aromatic carbocycles. The molecular weight excluding hydrogens is 482 g/mol. The van der Waals surface area contributed by atoms with Crippen molar-refractivity contribution in [2.75, 3.05) is 5.32 Å². The van der Waals surface area contributed by atoms with Crippen molar-refractivity contribution in [1.29, 1.82) is 0 Å². The van der Waals surface area contributed by atoms with Gasteiger partial charge in [-0.05, 0) is 79.9 Å². The van der Waals surface area contributed by atoms with Gasteiger partial charge in [0, 0.05) is 16.8 Å². The van der Waals surface area contributed by atoms with E-state index in [0.29, 0.717) is 0 Å². The average Bonchev–Trinajstić information content (AvgIpc) is 3.24. The van der Waals surface area contributed by atoms with Crippen LogP contribution in [-0.4, -0.2) is 0 Å². The van der Waals surface area contributed by atoms with Gasteiger partial charge < -0.3 is 5.32 Å². The lowest BCUT2D eigenvalue weighted by atomic mass is 9.82. The number of hydrogen-bond donors (Lipinski definition) is 1. The fourth-order valence-electron chi connectivity index (χ4n) is 6.25. The highest BCUT2D eigenvalue weighted by Gasteiger charge is 2.35. The highest BCUT2D eigenvalue weighted by atomic mass is 14.9. The van der Waals surface area contributed by atoms with E-state index >= 15 is 0 Å². The quantitative estimate of drug-likeness (QED) is 0.242. The molecule has 40 heavy (non-hydrogen) atoms. The minimum Gasteiger partial charge on any atom is -0.356 e. The summed E-state index contributed by atoms with van der Waals surface area (Å²) in [5.41, 5.74) is 15.0. The zero-order chi connectivity index (χ0) is 27.1. The van der Waals surface area contributed by atoms with Crippen LogP contribution in [0.25, 0.3) is 44.5 Å². The molecule has 7 rings (SSSR count). The summed E-state index contributed by atoms with van der Waals surface area (Å²) in [5, 5.41) is 3.67. The standard InChI is InChI=1S/C39H31N/c1-39(2)36-19-10-9-16-34(36)35-25-24-31(26-37(35)39)40-30-22-20-29(21-23-30)38-32(27-12-5-3-6-13-27)17-11-18-33(38)28-14-7-4-8-15-28/h3-26,40H,1-2H3. The fraction of sp³-hybridized carbons (Fsp3) is 0.0769. The molecular formula is C39H31N. The number of anilines is 2. The molecule has 0 fully saturated rings. The molecule has 1 aliphatic rings. The number of rotatable bonds is 5. The largest absolute Gasteiger partial charge is 0.356 e. The van der Waals surface area contributed by atoms with Crippen LogP contribution in [0, 0.1) is 0 Å². The maximum atomic E-state index is 3.67. The molecule has 6 aromatic rings. The van der Waals surface area contributed by atoms with Gasteiger partial charge in [0.25, 0.3) is 0 Å². The second-order valence-corrected chi connectivity index (χ2v) is 11.1. The maximum absolute atomic E-state index is 3.67. The van der Waals surface area contributed by atoms with Crippen LogP contribution in [0.2, 0.25) is 0 Å². The van der Waals surface area contributed by atoms with Crippen LogP contribution in [0.5, 0.6) is 0 Å². The van der Waals surface area contributed by atoms with E-state index in [1.807, 2.05) is 0 Å². The minimum atomic E-state index is -0.0114. The third-order valence-corrected chi connectivity index (χ3v) is 8.28. The first-order valence-electron chi connectivity index (χ1n) is 14.0. The highest BCUT2D eigenvalue weighted by Crippen LogP contribution is 2.49. The second-order valence-electron chi connectivity index (χ2n) is 11.1. The molecule has 0 amide bonds. The first-order valence-corrected chi connectivity index (χ1v) is 14.0. The fourth-order valence-corrected chi connectivity index (χ4v) is 6.25. The molecule has 0 unspecified atom stereocenters. The zero-order valence-electron chi connectivity index (χ0n) is 22.9. The van der Waals surface area contributed by atoms with Gasteiger partial charge in [-0.3, -0.25) is 0 Å². The Labute approximate surface area is 236 Å². The Balaban J connectivity index is 1.25. The molecule has 0 atom stereocenters. The lowest BCUT2D eigenvalue weighted by Gasteiger charge is -2.22. The highest BCUT2D eigenvalue weighted by molar-refractivity contribution is 5.95. The van der Waals surface area contributed by atoms with Crippen LogP contribution in [-0.2, 0) is 5.41 Å². The van der Waals surface area contributed by atoms with E-state index in [2.05, 4.69) is 165 Å². The van der Waals surface area contributed by atoms with E-state index in [1.165, 1.54) is 55.6 Å². The number of benzene rings is 6. The van der Waals surface area contributed by atoms with Gasteiger partial charge in [0.05, 0.1) is 0 Å². The Hall–Kier alpha value is -4.88. The summed E-state index contributed by atoms with van der Waals surface area (Å²) in [4.78, 5) is 0. The Bertz CT molecular complexity index is 1760. The van der Waals surface area contributed by atoms with E-state index in [9.17, 15) is 0 Å². The van der Waals surface area contributed by atoms with Crippen molar-refractivity contribution in [3.8, 4) is 44.5 Å². The molecule has 1 nitrogen and oxygen atoms in total. The van der Waals surface area contributed by atoms with Crippen LogP contribution in [0.4, 0.5) is 11.4 Å². The summed E-state index contributed by atoms with van der Waals surface area (Å²) in [6.07, 6.45) is 0. The normalized spacial score (nSPS) is 12.9. The van der Waals surface area contributed by atoms with Crippen LogP contribution in [0.15, 0.2) is 146 Å². The number of hydrogen-bond acceptors (Lipinski definition) is 1. The van der Waals surface area contributed by atoms with Gasteiger partial charge in [-0.1, -0.05) is 135 Å². The lowest BCUT2D eigenvalue weighted by Crippen LogP contribution is -2.15. The summed E-state index contributed by atoms with van der Waals surface area (Å²) in [6, 6.07) is 52.4. The molecule has 1 heteroatoms. The van der Waals surface area contributed by atoms with Crippen molar-refractivity contribution in [1.82, 2.24) is 0 Å². The lowest BCUT2D eigenvalue weighted by molar-refractivity contribution is 0.660. The minimum absolute atomic E-state index is 0.0114. The van der Waals surface area contributed by atoms with Gasteiger partial charge in [0.1, 0.15) is 0 Å². The van der Waals surface area contributed by atoms with E-state index in [4.69, 9.17) is 0 Å². The topological polar surface area (TPSA) is 12.0 Å². The van der Waals surface area contributed by atoms with Crippen LogP contribution in [0.1, 0.15) is 25.0 Å². The number of fused-ring (bicyclic) bond motifs is 3. The van der Waals surface area contributed by atoms with Crippen molar-refractivity contribution >= 4 is 11.4 Å². The molecule has 0 aromatic heterocycles. The zero-order valence-corrected chi connectivity index (χ0v) is 22.9. The van der Waals surface area contributed by atoms with Crippen molar-refractivity contribution in [3.63, 3.8) is 0 Å². The van der Waals surface area contributed by atoms with Crippen LogP contribution >= 0.6 is 0 Å². The molecule has 192 valence electrons. The SMILES string of the molecule is CC1(C)c2ccccc2-c2ccc(Nc3ccc(-c4c(-c5ccccc5)cccc4-c4ccccc4)cc3)cc21. The van der Waals surface area contributed by atoms with Crippen LogP contribution < -0.4 is 5.32 Å². The Morgan fingerprint density at radius 3 is 1.57 bits per heavy atom. The molecule has 0 saturated heterocycles. The molecule has 0 radical (unpaired) electrons. The summed E-state index contributed by atoms with van der Waals surface area (Å²) >= 11 is 0. The second kappa shape index (κ2) is 9.70. The predicted octanol–water partition coefficient (Wildman–Crippen LogP) is 10.7. The third-order valence-electron chi connectivity index (χ3n) is 8.28. The summed E-state index contributed by atoms with van der Waals surface area (Å²) in [7, 11) is 0. The van der Waals surface area contributed by atoms with Crippen molar-refractivity contribution in [3.05, 3.63) is 157 Å². The molecule has 0 spiro atoms. The molecule has 1 aliphatic carbocycles. The van der Waals surface area contributed by atoms with E-state index in [1.54, 1.807) is 0 Å². The Morgan fingerprint density at radius 2 is 0.925 bits per heavy atom. The molecule has 0 bridgehead atoms. The van der Waals surface area contributed by atoms with Crippen LogP contribution in [0.3, 0.4) is 0 Å². The smallest absolute Gasteiger partial charge is 0.0387 e. The first kappa shape index (κ1) is 24.2. The van der Waals surface area contributed by atoms with Gasteiger partial charge in [-0.2, -0.15) is 0 Å². The summed E-state index contributed by atoms with van der Waals surface area (Å²) in [5.74, 6) is 0. The third kappa shape index (κ3) is 4.12. The van der Waals surface area contributed by atoms with Crippen molar-refractivity contribution in [2.45, 2.75) is 19.3 Å². The number of nitrogens with one attached hydrogen (secondary N) is 1. The molecule has 0 heterocycles. The van der Waals surface area contributed by atoms with Gasteiger partial charge in [0.15, 0.2) is 0 Å². The first-order chi connectivity index (χ1) is 19.6. The van der Waals surface area contributed by atoms with Crippen molar-refractivity contribution < 1.29 is 0 Å². The van der Waals surface area contributed by atoms with Gasteiger partial charge in [-0.15, -0.1) is 0 Å². The predicted molar refractivity (Wildman–Crippen MR) is 170 cm³/mol. The Kier molecular flexibility index (Phi) is 5.86. The molecule has 1 N–H and O–H groups in total. The summed E-state index contributed by atoms with van der Waals surface area (Å²) < 4.78 is 0. The van der Waals surface area contributed by atoms with E-state index in [0.717, 1.165) is 11.4 Å². The van der Waals surface area contributed by atoms with E-state index < -0.39 is 0 Å². The van der Waals surface area contributed by atoms with Gasteiger partial charge in [-0.25, -0.2) is 0 Å². The molecule has 0 aliphatic heterocycles. The molecule has 0 saturated carbocycles. The Morgan fingerprint density at radius 1 is 0.400 bits per heavy atom. The monoisotopic (exact) mass is 513 g/mol. The van der Waals surface area contributed by atoms with Crippen molar-refractivity contribution in [2.24, 2.45) is 0 Å². The van der Waals surface area contributed by atoms with E-state index in [-0.39, 0.29) is 5.41 Å². The maximum Gasteiger partial charge on any atom is 0.0387 e. The van der Waals surface area contributed by atoms with Gasteiger partial charge in [0.2, 0.25) is 0 Å².